The molecule has 4 aliphatic rings. The number of benzene rings is 1. The van der Waals surface area contributed by atoms with Gasteiger partial charge in [0.25, 0.3) is 0 Å². The Balaban J connectivity index is 0.000000125. The fourth-order valence-electron chi connectivity index (χ4n) is 10.8. The minimum absolute atomic E-state index is 0.00829. The molecule has 0 unspecified atom stereocenters. The van der Waals surface area contributed by atoms with Gasteiger partial charge < -0.3 is 8.83 Å². The van der Waals surface area contributed by atoms with E-state index in [0.29, 0.717) is 0 Å². The maximum atomic E-state index is 6.66. The van der Waals surface area contributed by atoms with E-state index in [-0.39, 0.29) is 21.7 Å². The molecule has 0 radical (unpaired) electrons. The largest absolute Gasteiger partial charge is 0.455 e. The second-order valence-corrected chi connectivity index (χ2v) is 25.7. The molecule has 8 heteroatoms. The highest BCUT2D eigenvalue weighted by Gasteiger charge is 2.48. The van der Waals surface area contributed by atoms with E-state index in [2.05, 4.69) is 119 Å². The zero-order chi connectivity index (χ0) is 38.9. The van der Waals surface area contributed by atoms with Crippen LogP contribution in [0, 0.1) is 27.7 Å². The Morgan fingerprint density at radius 3 is 1.41 bits per heavy atom. The summed E-state index contributed by atoms with van der Waals surface area (Å²) in [5, 5.41) is 2.67. The van der Waals surface area contributed by atoms with E-state index < -0.39 is 0 Å². The van der Waals surface area contributed by atoms with Gasteiger partial charge in [0.1, 0.15) is 11.3 Å². The summed E-state index contributed by atoms with van der Waals surface area (Å²) in [6.45, 7) is 27.7. The van der Waals surface area contributed by atoms with Crippen LogP contribution < -0.4 is 0 Å². The van der Waals surface area contributed by atoms with E-state index in [1.54, 1.807) is 0 Å². The maximum Gasteiger partial charge on any atom is 0.150 e. The molecule has 8 heterocycles. The van der Waals surface area contributed by atoms with E-state index in [1.165, 1.54) is 113 Å². The lowest BCUT2D eigenvalue weighted by atomic mass is 9.81. The van der Waals surface area contributed by atoms with Gasteiger partial charge >= 0.3 is 0 Å². The van der Waals surface area contributed by atoms with Crippen molar-refractivity contribution in [2.45, 2.75) is 105 Å². The maximum absolute atomic E-state index is 6.66. The van der Waals surface area contributed by atoms with Gasteiger partial charge in [0.2, 0.25) is 0 Å². The van der Waals surface area contributed by atoms with Crippen LogP contribution in [0.1, 0.15) is 119 Å². The Kier molecular flexibility index (Phi) is 6.51. The van der Waals surface area contributed by atoms with E-state index in [4.69, 9.17) is 8.83 Å². The van der Waals surface area contributed by atoms with Crippen LogP contribution >= 0.6 is 68.0 Å². The molecule has 13 rings (SSSR count). The molecule has 2 nitrogen and oxygen atoms in total. The molecule has 282 valence electrons. The molecule has 0 aliphatic heterocycles. The quantitative estimate of drug-likeness (QED) is 0.152. The van der Waals surface area contributed by atoms with Gasteiger partial charge in [-0.3, -0.25) is 0 Å². The fraction of sp³-hybridized carbons (Fsp3) is 0.333. The van der Waals surface area contributed by atoms with Crippen molar-refractivity contribution in [1.82, 2.24) is 0 Å². The number of thiophene rings is 6. The Hall–Kier alpha value is -3.24. The van der Waals surface area contributed by atoms with E-state index >= 15 is 0 Å². The standard InChI is InChI=1S/C26H22OS3.C22H20OS3/c1-11-7-15-22(28-11)21-19(25(15,3)4)13-10-18-14(9-17(13)27-21)20-24(30-18)23-16(26(20,5)6)8-12(2)29-23;1-9-7-11-17(24-9)15-13(21(11,3)4)19-16(23-15)14-20(26-19)18-12(22(14,5)6)8-10(2)25-18/h7-10H,1-6H3;7-8H,1-6H3. The Labute approximate surface area is 351 Å². The van der Waals surface area contributed by atoms with Crippen molar-refractivity contribution in [3.63, 3.8) is 0 Å². The normalized spacial score (nSPS) is 17.9. The number of hydrogen-bond acceptors (Lipinski definition) is 8. The highest BCUT2D eigenvalue weighted by molar-refractivity contribution is 7.27. The molecular weight excluding hydrogens is 801 g/mol. The molecule has 1 aromatic carbocycles. The minimum atomic E-state index is -0.00829. The first-order valence-electron chi connectivity index (χ1n) is 19.5. The summed E-state index contributed by atoms with van der Waals surface area (Å²) < 4.78 is 16.0. The second-order valence-electron chi connectivity index (χ2n) is 18.6. The molecule has 0 atom stereocenters. The number of rotatable bonds is 0. The third-order valence-electron chi connectivity index (χ3n) is 13.5. The molecule has 4 aliphatic carbocycles. The minimum Gasteiger partial charge on any atom is -0.455 e. The van der Waals surface area contributed by atoms with Crippen LogP contribution in [0.5, 0.6) is 0 Å². The van der Waals surface area contributed by atoms with Gasteiger partial charge in [-0.1, -0.05) is 55.4 Å². The lowest BCUT2D eigenvalue weighted by Crippen LogP contribution is -2.15. The number of fused-ring (bicyclic) bond motifs is 19. The van der Waals surface area contributed by atoms with Crippen molar-refractivity contribution in [3.05, 3.63) is 100 Å². The summed E-state index contributed by atoms with van der Waals surface area (Å²) in [5.74, 6) is 2.24. The van der Waals surface area contributed by atoms with Crippen LogP contribution in [0.25, 0.3) is 72.1 Å². The van der Waals surface area contributed by atoms with Crippen molar-refractivity contribution in [2.24, 2.45) is 0 Å². The van der Waals surface area contributed by atoms with Crippen molar-refractivity contribution in [1.29, 1.82) is 0 Å². The summed E-state index contributed by atoms with van der Waals surface area (Å²) in [6.07, 6.45) is 0. The van der Waals surface area contributed by atoms with Gasteiger partial charge in [-0.15, -0.1) is 68.0 Å². The Bertz CT molecular complexity index is 3030. The molecular formula is C48H42O2S6. The third kappa shape index (κ3) is 4.02. The second kappa shape index (κ2) is 10.5. The average molecular weight is 843 g/mol. The smallest absolute Gasteiger partial charge is 0.150 e. The van der Waals surface area contributed by atoms with Crippen molar-refractivity contribution >= 4 is 99.4 Å². The molecule has 56 heavy (non-hydrogen) atoms. The monoisotopic (exact) mass is 842 g/mol. The van der Waals surface area contributed by atoms with Gasteiger partial charge in [-0.05, 0) is 91.9 Å². The average Bonchev–Trinajstić information content (AvgIpc) is 3.94. The SMILES string of the molecule is Cc1cc2c(s1)-c1oc3c4c(sc3c1C2(C)C)-c1sc(C)cc1C4(C)C.Cc1cc2c(s1)-c1oc3cc4c5c(sc4cc3c1C2(C)C)-c1sc(C)cc1C5(C)C. The van der Waals surface area contributed by atoms with Gasteiger partial charge in [-0.2, -0.15) is 0 Å². The molecule has 8 aromatic heterocycles. The van der Waals surface area contributed by atoms with Crippen molar-refractivity contribution in [2.75, 3.05) is 0 Å². The van der Waals surface area contributed by atoms with Gasteiger partial charge in [0.15, 0.2) is 11.3 Å². The van der Waals surface area contributed by atoms with Crippen LogP contribution in [0.15, 0.2) is 45.2 Å². The Morgan fingerprint density at radius 1 is 0.393 bits per heavy atom. The summed E-state index contributed by atoms with van der Waals surface area (Å²) in [4.78, 5) is 14.1. The number of aryl methyl sites for hydroxylation is 4. The summed E-state index contributed by atoms with van der Waals surface area (Å²) in [6, 6.07) is 14.2. The van der Waals surface area contributed by atoms with Crippen LogP contribution in [0.3, 0.4) is 0 Å². The predicted octanol–water partition coefficient (Wildman–Crippen LogP) is 16.8. The van der Waals surface area contributed by atoms with Crippen LogP contribution in [-0.2, 0) is 21.7 Å². The third-order valence-corrected chi connectivity index (χ3v) is 20.3. The fourth-order valence-corrected chi connectivity index (χ4v) is 18.7. The molecule has 0 saturated heterocycles. The molecule has 0 saturated carbocycles. The molecule has 9 aromatic rings. The van der Waals surface area contributed by atoms with Crippen molar-refractivity contribution < 1.29 is 8.83 Å². The van der Waals surface area contributed by atoms with Crippen LogP contribution in [0.4, 0.5) is 0 Å². The lowest BCUT2D eigenvalue weighted by molar-refractivity contribution is 0.596. The molecule has 0 amide bonds. The number of hydrogen-bond donors (Lipinski definition) is 0. The summed E-state index contributed by atoms with van der Waals surface area (Å²) in [7, 11) is 0. The van der Waals surface area contributed by atoms with E-state index in [1.807, 2.05) is 68.0 Å². The van der Waals surface area contributed by atoms with Gasteiger partial charge in [0.05, 0.1) is 19.3 Å². The van der Waals surface area contributed by atoms with E-state index in [0.717, 1.165) is 22.7 Å². The summed E-state index contributed by atoms with van der Waals surface area (Å²) in [5.41, 5.74) is 13.8. The zero-order valence-corrected chi connectivity index (χ0v) is 38.6. The molecule has 0 fully saturated rings. The molecule has 0 N–H and O–H groups in total. The first-order valence-corrected chi connectivity index (χ1v) is 24.4. The first kappa shape index (κ1) is 34.8. The van der Waals surface area contributed by atoms with Crippen molar-refractivity contribution in [3.8, 4) is 40.8 Å². The predicted molar refractivity (Wildman–Crippen MR) is 246 cm³/mol. The lowest BCUT2D eigenvalue weighted by Gasteiger charge is -2.21. The molecule has 0 spiro atoms. The summed E-state index contributed by atoms with van der Waals surface area (Å²) >= 11 is 11.6. The highest BCUT2D eigenvalue weighted by atomic mass is 32.1. The van der Waals surface area contributed by atoms with Gasteiger partial charge in [-0.25, -0.2) is 0 Å². The van der Waals surface area contributed by atoms with E-state index in [9.17, 15) is 0 Å². The number of furan rings is 2. The van der Waals surface area contributed by atoms with Gasteiger partial charge in [0, 0.05) is 88.0 Å². The zero-order valence-electron chi connectivity index (χ0n) is 33.7. The highest BCUT2D eigenvalue weighted by Crippen LogP contribution is 2.64. The first-order chi connectivity index (χ1) is 26.4. The Morgan fingerprint density at radius 2 is 0.839 bits per heavy atom. The molecule has 0 bridgehead atoms. The topological polar surface area (TPSA) is 26.3 Å². The van der Waals surface area contributed by atoms with Crippen LogP contribution in [0.2, 0.25) is 0 Å². The van der Waals surface area contributed by atoms with Crippen LogP contribution in [-0.4, -0.2) is 0 Å².